The first-order valence-corrected chi connectivity index (χ1v) is 10.9. The quantitative estimate of drug-likeness (QED) is 0.595. The number of hydrogen-bond donors (Lipinski definition) is 2. The predicted molar refractivity (Wildman–Crippen MR) is 118 cm³/mol. The lowest BCUT2D eigenvalue weighted by Gasteiger charge is -2.30. The fourth-order valence-electron chi connectivity index (χ4n) is 4.21. The summed E-state index contributed by atoms with van der Waals surface area (Å²) in [6, 6.07) is 14.4. The van der Waals surface area contributed by atoms with Crippen LogP contribution >= 0.6 is 0 Å². The number of benzene rings is 1. The van der Waals surface area contributed by atoms with Gasteiger partial charge in [0.2, 0.25) is 0 Å². The van der Waals surface area contributed by atoms with Crippen molar-refractivity contribution in [3.63, 3.8) is 0 Å². The number of quaternary nitrogens is 1. The van der Waals surface area contributed by atoms with Crippen LogP contribution in [0.4, 0.5) is 0 Å². The average molecular weight is 405 g/mol. The highest BCUT2D eigenvalue weighted by atomic mass is 16.1. The van der Waals surface area contributed by atoms with Gasteiger partial charge in [-0.05, 0) is 50.5 Å². The second kappa shape index (κ2) is 9.67. The second-order valence-corrected chi connectivity index (χ2v) is 8.08. The van der Waals surface area contributed by atoms with Gasteiger partial charge in [0.25, 0.3) is 5.91 Å². The van der Waals surface area contributed by atoms with Crippen LogP contribution in [-0.4, -0.2) is 46.3 Å². The zero-order chi connectivity index (χ0) is 20.8. The minimum absolute atomic E-state index is 0.0854. The van der Waals surface area contributed by atoms with E-state index in [-0.39, 0.29) is 5.91 Å². The van der Waals surface area contributed by atoms with Crippen molar-refractivity contribution in [1.82, 2.24) is 20.1 Å². The highest BCUT2D eigenvalue weighted by Gasteiger charge is 2.22. The molecule has 6 heteroatoms. The van der Waals surface area contributed by atoms with Crippen molar-refractivity contribution in [3.05, 3.63) is 66.6 Å². The molecule has 0 bridgehead atoms. The summed E-state index contributed by atoms with van der Waals surface area (Å²) >= 11 is 0. The summed E-state index contributed by atoms with van der Waals surface area (Å²) < 4.78 is 1.76. The van der Waals surface area contributed by atoms with Crippen molar-refractivity contribution in [3.8, 4) is 16.9 Å². The van der Waals surface area contributed by atoms with Gasteiger partial charge in [-0.25, -0.2) is 4.68 Å². The van der Waals surface area contributed by atoms with E-state index in [4.69, 9.17) is 5.10 Å². The molecule has 3 aromatic rings. The number of piperidine rings is 1. The summed E-state index contributed by atoms with van der Waals surface area (Å²) in [5.41, 5.74) is 2.98. The highest BCUT2D eigenvalue weighted by molar-refractivity contribution is 5.99. The molecule has 1 aliphatic rings. The van der Waals surface area contributed by atoms with Crippen molar-refractivity contribution < 1.29 is 9.69 Å². The van der Waals surface area contributed by atoms with Gasteiger partial charge in [0.1, 0.15) is 5.69 Å². The lowest BCUT2D eigenvalue weighted by atomic mass is 10.0. The van der Waals surface area contributed by atoms with Crippen LogP contribution in [0.1, 0.15) is 43.0 Å². The van der Waals surface area contributed by atoms with E-state index in [1.807, 2.05) is 48.7 Å². The molecular weight excluding hydrogens is 374 g/mol. The third-order valence-electron chi connectivity index (χ3n) is 5.96. The molecule has 2 atom stereocenters. The van der Waals surface area contributed by atoms with E-state index in [0.29, 0.717) is 17.8 Å². The molecule has 1 fully saturated rings. The van der Waals surface area contributed by atoms with Crippen LogP contribution in [0.2, 0.25) is 0 Å². The molecule has 6 nitrogen and oxygen atoms in total. The van der Waals surface area contributed by atoms with Gasteiger partial charge in [0.15, 0.2) is 0 Å². The Bertz CT molecular complexity index is 954. The largest absolute Gasteiger partial charge is 0.352 e. The Balaban J connectivity index is 1.46. The number of carbonyl (C=O) groups excluding carboxylic acids is 1. The molecule has 3 heterocycles. The van der Waals surface area contributed by atoms with Crippen LogP contribution in [0.15, 0.2) is 61.1 Å². The van der Waals surface area contributed by atoms with E-state index in [9.17, 15) is 4.79 Å². The van der Waals surface area contributed by atoms with Crippen LogP contribution < -0.4 is 10.2 Å². The Morgan fingerprint density at radius 2 is 2.07 bits per heavy atom. The predicted octanol–water partition coefficient (Wildman–Crippen LogP) is 2.51. The number of aromatic nitrogens is 3. The van der Waals surface area contributed by atoms with Crippen LogP contribution in [0.3, 0.4) is 0 Å². The van der Waals surface area contributed by atoms with Crippen molar-refractivity contribution >= 4 is 5.91 Å². The van der Waals surface area contributed by atoms with E-state index >= 15 is 0 Å². The Labute approximate surface area is 177 Å². The number of rotatable bonds is 7. The molecule has 0 saturated carbocycles. The first kappa shape index (κ1) is 20.3. The molecule has 1 aliphatic heterocycles. The van der Waals surface area contributed by atoms with Crippen molar-refractivity contribution in [2.24, 2.45) is 0 Å². The lowest BCUT2D eigenvalue weighted by molar-refractivity contribution is -0.928. The fraction of sp³-hybridized carbons (Fsp3) is 0.375. The van der Waals surface area contributed by atoms with Crippen molar-refractivity contribution in [2.45, 2.75) is 38.6 Å². The van der Waals surface area contributed by atoms with Gasteiger partial charge in [-0.2, -0.15) is 5.10 Å². The molecule has 0 aliphatic carbocycles. The number of amides is 1. The van der Waals surface area contributed by atoms with E-state index in [0.717, 1.165) is 30.3 Å². The number of pyridine rings is 1. The number of hydrogen-bond acceptors (Lipinski definition) is 3. The van der Waals surface area contributed by atoms with Gasteiger partial charge in [-0.15, -0.1) is 0 Å². The highest BCUT2D eigenvalue weighted by Crippen LogP contribution is 2.23. The van der Waals surface area contributed by atoms with Gasteiger partial charge >= 0.3 is 0 Å². The zero-order valence-corrected chi connectivity index (χ0v) is 17.6. The van der Waals surface area contributed by atoms with E-state index in [2.05, 4.69) is 17.2 Å². The van der Waals surface area contributed by atoms with Gasteiger partial charge in [0.05, 0.1) is 30.4 Å². The molecule has 1 amide bonds. The lowest BCUT2D eigenvalue weighted by Crippen LogP contribution is -3.16. The first-order chi connectivity index (χ1) is 14.7. The zero-order valence-electron chi connectivity index (χ0n) is 17.6. The Kier molecular flexibility index (Phi) is 6.54. The molecule has 0 spiro atoms. The van der Waals surface area contributed by atoms with Crippen LogP contribution in [0.5, 0.6) is 0 Å². The third kappa shape index (κ3) is 4.76. The van der Waals surface area contributed by atoms with Crippen molar-refractivity contribution in [1.29, 1.82) is 0 Å². The average Bonchev–Trinajstić information content (AvgIpc) is 3.25. The third-order valence-corrected chi connectivity index (χ3v) is 5.96. The maximum atomic E-state index is 13.0. The standard InChI is InChI=1S/C24H29N5O/c1-19-9-5-6-15-28(19)16-8-14-26-24(30)22-18-29(21-11-3-2-4-12-21)27-23(22)20-10-7-13-25-17-20/h2-4,7,10-13,17-19H,5-6,8-9,14-16H2,1H3,(H,26,30)/p+1/t19-/m1/s1. The minimum Gasteiger partial charge on any atom is -0.352 e. The molecule has 0 radical (unpaired) electrons. The molecule has 4 rings (SSSR count). The summed E-state index contributed by atoms with van der Waals surface area (Å²) in [5, 5.41) is 7.80. The smallest absolute Gasteiger partial charge is 0.255 e. The summed E-state index contributed by atoms with van der Waals surface area (Å²) in [4.78, 5) is 18.9. The summed E-state index contributed by atoms with van der Waals surface area (Å²) in [6.07, 6.45) is 10.3. The minimum atomic E-state index is -0.0854. The summed E-state index contributed by atoms with van der Waals surface area (Å²) in [5.74, 6) is -0.0854. The topological polar surface area (TPSA) is 64.2 Å². The Morgan fingerprint density at radius 1 is 1.20 bits per heavy atom. The number of likely N-dealkylation sites (tertiary alicyclic amines) is 1. The molecule has 30 heavy (non-hydrogen) atoms. The first-order valence-electron chi connectivity index (χ1n) is 10.9. The number of nitrogens with zero attached hydrogens (tertiary/aromatic N) is 3. The molecule has 156 valence electrons. The molecule has 1 saturated heterocycles. The van der Waals surface area contributed by atoms with Gasteiger partial charge in [-0.1, -0.05) is 18.2 Å². The van der Waals surface area contributed by atoms with Crippen molar-refractivity contribution in [2.75, 3.05) is 19.6 Å². The maximum absolute atomic E-state index is 13.0. The monoisotopic (exact) mass is 404 g/mol. The van der Waals surface area contributed by atoms with Gasteiger partial charge in [-0.3, -0.25) is 9.78 Å². The SMILES string of the molecule is C[C@@H]1CCCC[NH+]1CCCNC(=O)c1cn(-c2ccccc2)nc1-c1cccnc1. The van der Waals surface area contributed by atoms with Gasteiger partial charge < -0.3 is 10.2 Å². The van der Waals surface area contributed by atoms with Gasteiger partial charge in [0, 0.05) is 37.1 Å². The second-order valence-electron chi connectivity index (χ2n) is 8.08. The summed E-state index contributed by atoms with van der Waals surface area (Å²) in [6.45, 7) is 5.38. The molecule has 1 unspecified atom stereocenters. The number of carbonyl (C=O) groups is 1. The van der Waals surface area contributed by atoms with E-state index in [1.165, 1.54) is 25.8 Å². The maximum Gasteiger partial charge on any atom is 0.255 e. The Morgan fingerprint density at radius 3 is 2.83 bits per heavy atom. The normalized spacial score (nSPS) is 18.8. The molecule has 1 aromatic carbocycles. The van der Waals surface area contributed by atoms with E-state index in [1.54, 1.807) is 22.0 Å². The fourth-order valence-corrected chi connectivity index (χ4v) is 4.21. The Hall–Kier alpha value is -2.99. The van der Waals surface area contributed by atoms with Crippen LogP contribution in [0, 0.1) is 0 Å². The number of nitrogens with one attached hydrogen (secondary N) is 2. The molecular formula is C24H30N5O+. The number of para-hydroxylation sites is 1. The molecule has 2 aromatic heterocycles. The summed E-state index contributed by atoms with van der Waals surface area (Å²) in [7, 11) is 0. The van der Waals surface area contributed by atoms with E-state index < -0.39 is 0 Å². The van der Waals surface area contributed by atoms with Crippen LogP contribution in [-0.2, 0) is 0 Å². The van der Waals surface area contributed by atoms with Crippen LogP contribution in [0.25, 0.3) is 16.9 Å². The molecule has 2 N–H and O–H groups in total.